The number of nitrogens with zero attached hydrogens (tertiary/aromatic N) is 1. The Bertz CT molecular complexity index is 735. The van der Waals surface area contributed by atoms with Gasteiger partial charge in [0.05, 0.1) is 21.5 Å². The van der Waals surface area contributed by atoms with E-state index >= 15 is 0 Å². The molecule has 1 heterocycles. The Balaban J connectivity index is 2.55. The van der Waals surface area contributed by atoms with E-state index in [0.717, 1.165) is 0 Å². The summed E-state index contributed by atoms with van der Waals surface area (Å²) >= 11 is 11.0. The van der Waals surface area contributed by atoms with Crippen LogP contribution in [0.5, 0.6) is 0 Å². The van der Waals surface area contributed by atoms with Crippen LogP contribution in [0.15, 0.2) is 12.1 Å². The molecule has 2 aromatic rings. The number of carbonyl (C=O) groups excluding carboxylic acids is 1. The fourth-order valence-electron chi connectivity index (χ4n) is 2.11. The van der Waals surface area contributed by atoms with Gasteiger partial charge >= 0.3 is 0 Å². The minimum atomic E-state index is -0.668. The summed E-state index contributed by atoms with van der Waals surface area (Å²) in [5.74, 6) is -0.622. The van der Waals surface area contributed by atoms with E-state index in [0.29, 0.717) is 22.3 Å². The van der Waals surface area contributed by atoms with Gasteiger partial charge in [-0.25, -0.2) is 4.39 Å². The topological polar surface area (TPSA) is 49.8 Å². The largest absolute Gasteiger partial charge is 0.359 e. The molecular weight excluding hydrogens is 301 g/mol. The van der Waals surface area contributed by atoms with Crippen LogP contribution < -0.4 is 5.32 Å². The first kappa shape index (κ1) is 15.0. The predicted molar refractivity (Wildman–Crippen MR) is 79.9 cm³/mol. The van der Waals surface area contributed by atoms with Crippen molar-refractivity contribution in [3.63, 3.8) is 0 Å². The van der Waals surface area contributed by atoms with E-state index in [-0.39, 0.29) is 10.9 Å². The summed E-state index contributed by atoms with van der Waals surface area (Å²) in [7, 11) is 1.58. The maximum absolute atomic E-state index is 13.6. The van der Waals surface area contributed by atoms with Gasteiger partial charge in [-0.2, -0.15) is 0 Å². The molecule has 0 aliphatic carbocycles. The summed E-state index contributed by atoms with van der Waals surface area (Å²) in [6.07, 6.45) is 0. The molecule has 0 unspecified atom stereocenters. The van der Waals surface area contributed by atoms with Crippen LogP contribution in [0.1, 0.15) is 13.8 Å². The summed E-state index contributed by atoms with van der Waals surface area (Å²) in [6.45, 7) is 3.95. The van der Waals surface area contributed by atoms with Crippen molar-refractivity contribution in [1.82, 2.24) is 14.9 Å². The summed E-state index contributed by atoms with van der Waals surface area (Å²) in [4.78, 5) is 14.8. The second-order valence-electron chi connectivity index (χ2n) is 5.26. The minimum absolute atomic E-state index is 0.0338. The number of fused-ring (bicyclic) bond motifs is 1. The van der Waals surface area contributed by atoms with Gasteiger partial charge in [0, 0.05) is 19.7 Å². The maximum Gasteiger partial charge on any atom is 0.227 e. The van der Waals surface area contributed by atoms with E-state index in [1.54, 1.807) is 25.5 Å². The number of benzene rings is 1. The fraction of sp³-hybridized carbons (Fsp3) is 0.385. The number of hydrogen-bond acceptors (Lipinski definition) is 2. The summed E-state index contributed by atoms with van der Waals surface area (Å²) in [6, 6.07) is 2.81. The van der Waals surface area contributed by atoms with Gasteiger partial charge in [-0.1, -0.05) is 11.6 Å². The first-order valence-electron chi connectivity index (χ1n) is 6.06. The van der Waals surface area contributed by atoms with Crippen LogP contribution in [-0.2, 0) is 11.3 Å². The lowest BCUT2D eigenvalue weighted by molar-refractivity contribution is -0.129. The number of aromatic nitrogens is 2. The zero-order valence-corrected chi connectivity index (χ0v) is 13.0. The van der Waals surface area contributed by atoms with Crippen molar-refractivity contribution in [2.45, 2.75) is 20.4 Å². The van der Waals surface area contributed by atoms with E-state index in [4.69, 9.17) is 23.8 Å². The number of rotatable bonds is 3. The standard InChI is InChI=1S/C13H15ClFN3OS/c1-13(2,11(19)16-3)6-18-10-5-8(15)7(14)4-9(10)17-12(18)20/h4-5H,6H2,1-3H3,(H,16,19)(H,17,20). The predicted octanol–water partition coefficient (Wildman–Crippen LogP) is 3.26. The van der Waals surface area contributed by atoms with Crippen molar-refractivity contribution in [2.24, 2.45) is 5.41 Å². The number of nitrogens with one attached hydrogen (secondary N) is 2. The van der Waals surface area contributed by atoms with Gasteiger partial charge in [0.15, 0.2) is 4.77 Å². The summed E-state index contributed by atoms with van der Waals surface area (Å²) in [5, 5.41) is 2.65. The first-order chi connectivity index (χ1) is 9.26. The molecular formula is C13H15ClFN3OS. The Morgan fingerprint density at radius 3 is 2.80 bits per heavy atom. The number of carbonyl (C=O) groups is 1. The van der Waals surface area contributed by atoms with Gasteiger partial charge in [0.2, 0.25) is 5.91 Å². The van der Waals surface area contributed by atoms with Gasteiger partial charge in [0.1, 0.15) is 5.82 Å². The van der Waals surface area contributed by atoms with Gasteiger partial charge in [-0.15, -0.1) is 0 Å². The molecule has 20 heavy (non-hydrogen) atoms. The number of hydrogen-bond donors (Lipinski definition) is 2. The van der Waals surface area contributed by atoms with Crippen LogP contribution in [0.25, 0.3) is 11.0 Å². The Morgan fingerprint density at radius 2 is 2.20 bits per heavy atom. The normalized spacial score (nSPS) is 11.8. The highest BCUT2D eigenvalue weighted by atomic mass is 35.5. The zero-order chi connectivity index (χ0) is 15.1. The van der Waals surface area contributed by atoms with Crippen LogP contribution in [0, 0.1) is 16.0 Å². The molecule has 108 valence electrons. The molecule has 4 nitrogen and oxygen atoms in total. The molecule has 0 saturated carbocycles. The third-order valence-electron chi connectivity index (χ3n) is 3.21. The Kier molecular flexibility index (Phi) is 3.88. The van der Waals surface area contributed by atoms with E-state index in [1.165, 1.54) is 12.1 Å². The lowest BCUT2D eigenvalue weighted by Crippen LogP contribution is -2.37. The molecule has 0 atom stereocenters. The van der Waals surface area contributed by atoms with Crippen LogP contribution in [0.2, 0.25) is 5.02 Å². The van der Waals surface area contributed by atoms with Gasteiger partial charge in [-0.05, 0) is 32.1 Å². The lowest BCUT2D eigenvalue weighted by atomic mass is 9.92. The highest BCUT2D eigenvalue weighted by Crippen LogP contribution is 2.26. The molecule has 1 aromatic carbocycles. The highest BCUT2D eigenvalue weighted by Gasteiger charge is 2.28. The smallest absolute Gasteiger partial charge is 0.227 e. The van der Waals surface area contributed by atoms with E-state index in [9.17, 15) is 9.18 Å². The minimum Gasteiger partial charge on any atom is -0.359 e. The maximum atomic E-state index is 13.6. The molecule has 1 aromatic heterocycles. The molecule has 0 aliphatic rings. The molecule has 7 heteroatoms. The Labute approximate surface area is 125 Å². The quantitative estimate of drug-likeness (QED) is 0.854. The van der Waals surface area contributed by atoms with E-state index < -0.39 is 11.2 Å². The third-order valence-corrected chi connectivity index (χ3v) is 3.82. The van der Waals surface area contributed by atoms with Crippen molar-refractivity contribution < 1.29 is 9.18 Å². The Hall–Kier alpha value is -1.40. The van der Waals surface area contributed by atoms with E-state index in [1.807, 2.05) is 0 Å². The molecule has 0 spiro atoms. The molecule has 1 amide bonds. The SMILES string of the molecule is CNC(=O)C(C)(C)Cn1c(=S)[nH]c2cc(Cl)c(F)cc21. The molecule has 2 N–H and O–H groups in total. The van der Waals surface area contributed by atoms with Gasteiger partial charge < -0.3 is 14.9 Å². The second kappa shape index (κ2) is 5.18. The van der Waals surface area contributed by atoms with Crippen molar-refractivity contribution >= 4 is 40.8 Å². The van der Waals surface area contributed by atoms with Gasteiger partial charge in [-0.3, -0.25) is 4.79 Å². The molecule has 0 saturated heterocycles. The van der Waals surface area contributed by atoms with Crippen LogP contribution >= 0.6 is 23.8 Å². The molecule has 0 fully saturated rings. The third kappa shape index (κ3) is 2.58. The van der Waals surface area contributed by atoms with Gasteiger partial charge in [0.25, 0.3) is 0 Å². The van der Waals surface area contributed by atoms with Crippen molar-refractivity contribution in [2.75, 3.05) is 7.05 Å². The van der Waals surface area contributed by atoms with Crippen molar-refractivity contribution in [3.05, 3.63) is 27.7 Å². The lowest BCUT2D eigenvalue weighted by Gasteiger charge is -2.23. The highest BCUT2D eigenvalue weighted by molar-refractivity contribution is 7.71. The average molecular weight is 316 g/mol. The van der Waals surface area contributed by atoms with Crippen LogP contribution in [-0.4, -0.2) is 22.5 Å². The van der Waals surface area contributed by atoms with E-state index in [2.05, 4.69) is 10.3 Å². The molecule has 0 bridgehead atoms. The zero-order valence-electron chi connectivity index (χ0n) is 11.4. The van der Waals surface area contributed by atoms with Crippen LogP contribution in [0.4, 0.5) is 4.39 Å². The number of H-pyrrole nitrogens is 1. The number of imidazole rings is 1. The summed E-state index contributed by atoms with van der Waals surface area (Å²) in [5.41, 5.74) is 0.570. The summed E-state index contributed by atoms with van der Waals surface area (Å²) < 4.78 is 15.8. The van der Waals surface area contributed by atoms with Crippen molar-refractivity contribution in [1.29, 1.82) is 0 Å². The second-order valence-corrected chi connectivity index (χ2v) is 6.06. The average Bonchev–Trinajstić information content (AvgIpc) is 2.65. The molecule has 0 aliphatic heterocycles. The first-order valence-corrected chi connectivity index (χ1v) is 6.84. The molecule has 0 radical (unpaired) electrons. The Morgan fingerprint density at radius 1 is 1.55 bits per heavy atom. The van der Waals surface area contributed by atoms with Crippen molar-refractivity contribution in [3.8, 4) is 0 Å². The number of halogens is 2. The fourth-order valence-corrected chi connectivity index (χ4v) is 2.55. The molecule has 2 rings (SSSR count). The monoisotopic (exact) mass is 315 g/mol. The van der Waals surface area contributed by atoms with Crippen LogP contribution in [0.3, 0.4) is 0 Å². The number of aromatic amines is 1. The number of amides is 1.